The Morgan fingerprint density at radius 3 is 2.67 bits per heavy atom. The molecule has 0 bridgehead atoms. The standard InChI is InChI=1S/C8H11N3O/c1-6(12)5-7(9)8-10-3-2-4-11-8/h2-4,7H,5,9H2,1H3. The Morgan fingerprint density at radius 1 is 1.58 bits per heavy atom. The lowest BCUT2D eigenvalue weighted by molar-refractivity contribution is -0.117. The molecular weight excluding hydrogens is 154 g/mol. The first kappa shape index (κ1) is 8.80. The van der Waals surface area contributed by atoms with E-state index in [1.807, 2.05) is 0 Å². The smallest absolute Gasteiger partial charge is 0.145 e. The van der Waals surface area contributed by atoms with E-state index in [1.165, 1.54) is 6.92 Å². The average molecular weight is 165 g/mol. The first-order valence-corrected chi connectivity index (χ1v) is 3.72. The summed E-state index contributed by atoms with van der Waals surface area (Å²) in [6, 6.07) is 1.34. The van der Waals surface area contributed by atoms with Crippen LogP contribution in [0.15, 0.2) is 18.5 Å². The van der Waals surface area contributed by atoms with Gasteiger partial charge in [0.05, 0.1) is 6.04 Å². The summed E-state index contributed by atoms with van der Waals surface area (Å²) in [5.41, 5.74) is 5.65. The van der Waals surface area contributed by atoms with E-state index in [1.54, 1.807) is 18.5 Å². The number of carbonyl (C=O) groups excluding carboxylic acids is 1. The summed E-state index contributed by atoms with van der Waals surface area (Å²) in [5.74, 6) is 0.572. The molecule has 0 amide bonds. The first-order chi connectivity index (χ1) is 5.70. The number of Topliss-reactive ketones (excluding diaryl/α,β-unsaturated/α-hetero) is 1. The number of nitrogens with two attached hydrogens (primary N) is 1. The summed E-state index contributed by atoms with van der Waals surface area (Å²) in [5, 5.41) is 0. The molecule has 1 aromatic rings. The van der Waals surface area contributed by atoms with Gasteiger partial charge in [-0.2, -0.15) is 0 Å². The molecule has 0 saturated carbocycles. The van der Waals surface area contributed by atoms with Crippen molar-refractivity contribution in [1.29, 1.82) is 0 Å². The van der Waals surface area contributed by atoms with Crippen molar-refractivity contribution in [2.24, 2.45) is 5.73 Å². The Bertz CT molecular complexity index is 260. The van der Waals surface area contributed by atoms with Gasteiger partial charge in [0, 0.05) is 18.8 Å². The van der Waals surface area contributed by atoms with E-state index in [0.29, 0.717) is 12.2 Å². The van der Waals surface area contributed by atoms with E-state index in [0.717, 1.165) is 0 Å². The Morgan fingerprint density at radius 2 is 2.17 bits per heavy atom. The highest BCUT2D eigenvalue weighted by atomic mass is 16.1. The minimum absolute atomic E-state index is 0.0509. The molecule has 2 N–H and O–H groups in total. The number of rotatable bonds is 3. The van der Waals surface area contributed by atoms with Crippen LogP contribution in [-0.4, -0.2) is 15.8 Å². The van der Waals surface area contributed by atoms with E-state index in [2.05, 4.69) is 9.97 Å². The maximum Gasteiger partial charge on any atom is 0.145 e. The molecule has 4 nitrogen and oxygen atoms in total. The molecule has 0 aromatic carbocycles. The number of ketones is 1. The summed E-state index contributed by atoms with van der Waals surface area (Å²) < 4.78 is 0. The number of carbonyl (C=O) groups is 1. The van der Waals surface area contributed by atoms with Crippen LogP contribution in [0.2, 0.25) is 0 Å². The molecule has 0 spiro atoms. The molecule has 1 heterocycles. The van der Waals surface area contributed by atoms with Gasteiger partial charge < -0.3 is 5.73 Å². The Kier molecular flexibility index (Phi) is 2.88. The second-order valence-electron chi connectivity index (χ2n) is 2.62. The van der Waals surface area contributed by atoms with Gasteiger partial charge in [-0.25, -0.2) is 9.97 Å². The van der Waals surface area contributed by atoms with Gasteiger partial charge in [0.1, 0.15) is 11.6 Å². The zero-order valence-corrected chi connectivity index (χ0v) is 6.90. The molecule has 1 unspecified atom stereocenters. The monoisotopic (exact) mass is 165 g/mol. The molecule has 12 heavy (non-hydrogen) atoms. The van der Waals surface area contributed by atoms with Crippen LogP contribution in [0.25, 0.3) is 0 Å². The van der Waals surface area contributed by atoms with Crippen molar-refractivity contribution >= 4 is 5.78 Å². The molecule has 0 fully saturated rings. The average Bonchev–Trinajstić information content (AvgIpc) is 2.05. The lowest BCUT2D eigenvalue weighted by Crippen LogP contribution is -2.16. The normalized spacial score (nSPS) is 12.5. The molecule has 4 heteroatoms. The Hall–Kier alpha value is -1.29. The second kappa shape index (κ2) is 3.92. The summed E-state index contributed by atoms with van der Waals surface area (Å²) >= 11 is 0. The van der Waals surface area contributed by atoms with Gasteiger partial charge in [0.15, 0.2) is 0 Å². The van der Waals surface area contributed by atoms with Crippen LogP contribution < -0.4 is 5.73 Å². The Balaban J connectivity index is 2.65. The minimum atomic E-state index is -0.372. The molecule has 64 valence electrons. The highest BCUT2D eigenvalue weighted by Crippen LogP contribution is 2.07. The maximum atomic E-state index is 10.7. The van der Waals surface area contributed by atoms with Crippen LogP contribution in [0.5, 0.6) is 0 Å². The zero-order valence-electron chi connectivity index (χ0n) is 6.90. The van der Waals surface area contributed by atoms with E-state index in [-0.39, 0.29) is 11.8 Å². The quantitative estimate of drug-likeness (QED) is 0.706. The van der Waals surface area contributed by atoms with Gasteiger partial charge >= 0.3 is 0 Å². The molecule has 0 aliphatic rings. The van der Waals surface area contributed by atoms with E-state index in [4.69, 9.17) is 5.73 Å². The summed E-state index contributed by atoms with van der Waals surface area (Å²) in [6.07, 6.45) is 3.52. The fourth-order valence-corrected chi connectivity index (χ4v) is 0.903. The van der Waals surface area contributed by atoms with E-state index < -0.39 is 0 Å². The van der Waals surface area contributed by atoms with Crippen LogP contribution in [-0.2, 0) is 4.79 Å². The number of hydrogen-bond donors (Lipinski definition) is 1. The third-order valence-corrected chi connectivity index (χ3v) is 1.42. The fraction of sp³-hybridized carbons (Fsp3) is 0.375. The van der Waals surface area contributed by atoms with Crippen LogP contribution >= 0.6 is 0 Å². The number of nitrogens with zero attached hydrogens (tertiary/aromatic N) is 2. The third-order valence-electron chi connectivity index (χ3n) is 1.42. The molecule has 0 aliphatic carbocycles. The SMILES string of the molecule is CC(=O)CC(N)c1ncccn1. The molecule has 0 radical (unpaired) electrons. The molecule has 1 aromatic heterocycles. The van der Waals surface area contributed by atoms with Gasteiger partial charge in [-0.05, 0) is 13.0 Å². The van der Waals surface area contributed by atoms with Crippen molar-refractivity contribution in [3.05, 3.63) is 24.3 Å². The van der Waals surface area contributed by atoms with Crippen LogP contribution in [0, 0.1) is 0 Å². The largest absolute Gasteiger partial charge is 0.321 e. The van der Waals surface area contributed by atoms with Gasteiger partial charge in [-0.15, -0.1) is 0 Å². The minimum Gasteiger partial charge on any atom is -0.321 e. The van der Waals surface area contributed by atoms with Crippen LogP contribution in [0.1, 0.15) is 25.2 Å². The van der Waals surface area contributed by atoms with Crippen molar-refractivity contribution in [3.8, 4) is 0 Å². The van der Waals surface area contributed by atoms with Gasteiger partial charge in [0.25, 0.3) is 0 Å². The lowest BCUT2D eigenvalue weighted by atomic mass is 10.1. The van der Waals surface area contributed by atoms with E-state index in [9.17, 15) is 4.79 Å². The van der Waals surface area contributed by atoms with Gasteiger partial charge in [-0.3, -0.25) is 4.79 Å². The lowest BCUT2D eigenvalue weighted by Gasteiger charge is -2.05. The highest BCUT2D eigenvalue weighted by Gasteiger charge is 2.09. The van der Waals surface area contributed by atoms with Crippen molar-refractivity contribution in [1.82, 2.24) is 9.97 Å². The van der Waals surface area contributed by atoms with Crippen molar-refractivity contribution in [2.75, 3.05) is 0 Å². The molecule has 1 atom stereocenters. The van der Waals surface area contributed by atoms with Gasteiger partial charge in [0.2, 0.25) is 0 Å². The van der Waals surface area contributed by atoms with Crippen molar-refractivity contribution < 1.29 is 4.79 Å². The summed E-state index contributed by atoms with van der Waals surface area (Å²) in [4.78, 5) is 18.6. The second-order valence-corrected chi connectivity index (χ2v) is 2.62. The molecule has 0 aliphatic heterocycles. The third kappa shape index (κ3) is 2.39. The van der Waals surface area contributed by atoms with Crippen LogP contribution in [0.3, 0.4) is 0 Å². The zero-order chi connectivity index (χ0) is 8.97. The Labute approximate surface area is 70.8 Å². The van der Waals surface area contributed by atoms with Crippen molar-refractivity contribution in [2.45, 2.75) is 19.4 Å². The molecule has 0 saturated heterocycles. The van der Waals surface area contributed by atoms with Crippen LogP contribution in [0.4, 0.5) is 0 Å². The topological polar surface area (TPSA) is 68.9 Å². The molecular formula is C8H11N3O. The highest BCUT2D eigenvalue weighted by molar-refractivity contribution is 5.76. The maximum absolute atomic E-state index is 10.7. The van der Waals surface area contributed by atoms with Crippen molar-refractivity contribution in [3.63, 3.8) is 0 Å². The summed E-state index contributed by atoms with van der Waals surface area (Å²) in [6.45, 7) is 1.50. The fourth-order valence-electron chi connectivity index (χ4n) is 0.903. The number of hydrogen-bond acceptors (Lipinski definition) is 4. The molecule has 1 rings (SSSR count). The predicted molar refractivity (Wildman–Crippen MR) is 44.3 cm³/mol. The predicted octanol–water partition coefficient (Wildman–Crippen LogP) is 0.455. The number of aromatic nitrogens is 2. The summed E-state index contributed by atoms with van der Waals surface area (Å²) in [7, 11) is 0. The first-order valence-electron chi connectivity index (χ1n) is 3.72. The van der Waals surface area contributed by atoms with E-state index >= 15 is 0 Å². The van der Waals surface area contributed by atoms with Gasteiger partial charge in [-0.1, -0.05) is 0 Å².